The van der Waals surface area contributed by atoms with Gasteiger partial charge in [0.05, 0.1) is 0 Å². The highest BCUT2D eigenvalue weighted by atomic mass is 16.1. The first-order valence-electron chi connectivity index (χ1n) is 4.18. The molecule has 1 rings (SSSR count). The minimum atomic E-state index is 0.764. The molecule has 0 atom stereocenters. The predicted octanol–water partition coefficient (Wildman–Crippen LogP) is 2.76. The van der Waals surface area contributed by atoms with Crippen molar-refractivity contribution >= 4 is 12.4 Å². The van der Waals surface area contributed by atoms with Gasteiger partial charge in [0, 0.05) is 0 Å². The number of aldehydes is 1. The van der Waals surface area contributed by atoms with E-state index in [2.05, 4.69) is 19.1 Å². The van der Waals surface area contributed by atoms with Gasteiger partial charge in [0.1, 0.15) is 6.29 Å². The topological polar surface area (TPSA) is 17.1 Å². The summed E-state index contributed by atoms with van der Waals surface area (Å²) in [6.07, 6.45) is 7.76. The van der Waals surface area contributed by atoms with E-state index in [1.54, 1.807) is 6.08 Å². The molecule has 0 aliphatic carbocycles. The van der Waals surface area contributed by atoms with Crippen molar-refractivity contribution in [1.29, 1.82) is 0 Å². The predicted molar refractivity (Wildman–Crippen MR) is 55.4 cm³/mol. The van der Waals surface area contributed by atoms with E-state index >= 15 is 0 Å². The second-order valence-corrected chi connectivity index (χ2v) is 2.79. The fourth-order valence-corrected chi connectivity index (χ4v) is 1.05. The maximum atomic E-state index is 9.95. The summed E-state index contributed by atoms with van der Waals surface area (Å²) in [6.45, 7) is 2.05. The van der Waals surface area contributed by atoms with E-state index in [4.69, 9.17) is 0 Å². The van der Waals surface area contributed by atoms with Crippen LogP contribution >= 0.6 is 0 Å². The largest absolute Gasteiger partial charge is 0.299 e. The Morgan fingerprint density at radius 3 is 2.69 bits per heavy atom. The monoisotopic (exact) mass is 172 g/mol. The third-order valence-corrected chi connectivity index (χ3v) is 1.63. The molecule has 0 fully saturated rings. The second kappa shape index (κ2) is 5.09. The molecule has 0 amide bonds. The van der Waals surface area contributed by atoms with Crippen LogP contribution in [0.2, 0.25) is 0 Å². The van der Waals surface area contributed by atoms with Crippen LogP contribution < -0.4 is 0 Å². The van der Waals surface area contributed by atoms with E-state index in [1.807, 2.05) is 24.3 Å². The quantitative estimate of drug-likeness (QED) is 0.389. The normalized spacial score (nSPS) is 11.2. The van der Waals surface area contributed by atoms with Crippen molar-refractivity contribution in [3.05, 3.63) is 53.6 Å². The number of hydrogen-bond acceptors (Lipinski definition) is 1. The van der Waals surface area contributed by atoms with E-state index in [1.165, 1.54) is 11.6 Å². The van der Waals surface area contributed by atoms with E-state index < -0.39 is 0 Å². The second-order valence-electron chi connectivity index (χ2n) is 2.79. The van der Waals surface area contributed by atoms with Gasteiger partial charge < -0.3 is 0 Å². The molecular weight excluding hydrogens is 160 g/mol. The molecular formula is C12H12O. The zero-order valence-electron chi connectivity index (χ0n) is 7.60. The summed E-state index contributed by atoms with van der Waals surface area (Å²) < 4.78 is 0. The van der Waals surface area contributed by atoms with Gasteiger partial charge in [0.2, 0.25) is 0 Å². The van der Waals surface area contributed by atoms with Gasteiger partial charge >= 0.3 is 0 Å². The van der Waals surface area contributed by atoms with Crippen molar-refractivity contribution in [2.24, 2.45) is 0 Å². The molecule has 0 N–H and O–H groups in total. The highest BCUT2D eigenvalue weighted by Crippen LogP contribution is 2.05. The zero-order chi connectivity index (χ0) is 9.52. The maximum absolute atomic E-state index is 9.95. The SMILES string of the molecule is Cc1cccc(/C=C/C=C/C=O)c1. The van der Waals surface area contributed by atoms with Crippen LogP contribution in [0.1, 0.15) is 11.1 Å². The Morgan fingerprint density at radius 1 is 1.15 bits per heavy atom. The van der Waals surface area contributed by atoms with Gasteiger partial charge in [0.15, 0.2) is 0 Å². The summed E-state index contributed by atoms with van der Waals surface area (Å²) in [5.74, 6) is 0. The Kier molecular flexibility index (Phi) is 3.71. The van der Waals surface area contributed by atoms with Crippen molar-refractivity contribution in [2.75, 3.05) is 0 Å². The molecule has 1 nitrogen and oxygen atoms in total. The van der Waals surface area contributed by atoms with E-state index in [0.29, 0.717) is 0 Å². The molecule has 0 aliphatic rings. The Labute approximate surface area is 78.4 Å². The van der Waals surface area contributed by atoms with Crippen LogP contribution in [0.3, 0.4) is 0 Å². The Bertz CT molecular complexity index is 335. The number of carbonyl (C=O) groups is 1. The summed E-state index contributed by atoms with van der Waals surface area (Å²) in [5.41, 5.74) is 2.39. The van der Waals surface area contributed by atoms with Gasteiger partial charge in [0.25, 0.3) is 0 Å². The molecule has 0 saturated heterocycles. The van der Waals surface area contributed by atoms with Crippen LogP contribution in [0.4, 0.5) is 0 Å². The number of allylic oxidation sites excluding steroid dienone is 3. The van der Waals surface area contributed by atoms with Crippen LogP contribution in [-0.4, -0.2) is 6.29 Å². The Hall–Kier alpha value is -1.63. The summed E-state index contributed by atoms with van der Waals surface area (Å²) in [5, 5.41) is 0. The van der Waals surface area contributed by atoms with Gasteiger partial charge in [-0.1, -0.05) is 48.1 Å². The standard InChI is InChI=1S/C12H12O/c1-11-6-5-8-12(10-11)7-3-2-4-9-13/h2-10H,1H3/b4-2+,7-3+. The lowest BCUT2D eigenvalue weighted by Crippen LogP contribution is -1.73. The Balaban J connectivity index is 2.68. The average molecular weight is 172 g/mol. The lowest BCUT2D eigenvalue weighted by molar-refractivity contribution is -0.104. The molecule has 0 saturated carbocycles. The summed E-state index contributed by atoms with van der Waals surface area (Å²) in [7, 11) is 0. The molecule has 1 aromatic carbocycles. The van der Waals surface area contributed by atoms with Crippen molar-refractivity contribution < 1.29 is 4.79 Å². The number of carbonyl (C=O) groups excluding carboxylic acids is 1. The molecule has 0 unspecified atom stereocenters. The summed E-state index contributed by atoms with van der Waals surface area (Å²) in [4.78, 5) is 9.95. The fraction of sp³-hybridized carbons (Fsp3) is 0.0833. The first-order chi connectivity index (χ1) is 6.33. The van der Waals surface area contributed by atoms with Crippen molar-refractivity contribution in [3.63, 3.8) is 0 Å². The van der Waals surface area contributed by atoms with Gasteiger partial charge in [-0.3, -0.25) is 4.79 Å². The minimum Gasteiger partial charge on any atom is -0.299 e. The Morgan fingerprint density at radius 2 is 2.00 bits per heavy atom. The van der Waals surface area contributed by atoms with E-state index in [-0.39, 0.29) is 0 Å². The van der Waals surface area contributed by atoms with E-state index in [0.717, 1.165) is 11.8 Å². The number of rotatable bonds is 3. The number of aryl methyl sites for hydroxylation is 1. The fourth-order valence-electron chi connectivity index (χ4n) is 1.05. The molecule has 13 heavy (non-hydrogen) atoms. The van der Waals surface area contributed by atoms with Crippen LogP contribution in [0.15, 0.2) is 42.5 Å². The maximum Gasteiger partial charge on any atom is 0.142 e. The summed E-state index contributed by atoms with van der Waals surface area (Å²) >= 11 is 0. The molecule has 1 heteroatoms. The molecule has 0 bridgehead atoms. The molecule has 66 valence electrons. The lowest BCUT2D eigenvalue weighted by Gasteiger charge is -1.93. The van der Waals surface area contributed by atoms with Crippen LogP contribution in [0.25, 0.3) is 6.08 Å². The number of hydrogen-bond donors (Lipinski definition) is 0. The number of benzene rings is 1. The van der Waals surface area contributed by atoms with Gasteiger partial charge in [-0.2, -0.15) is 0 Å². The zero-order valence-corrected chi connectivity index (χ0v) is 7.60. The average Bonchev–Trinajstić information content (AvgIpc) is 2.13. The molecule has 0 heterocycles. The van der Waals surface area contributed by atoms with Gasteiger partial charge in [-0.05, 0) is 18.6 Å². The third-order valence-electron chi connectivity index (χ3n) is 1.63. The molecule has 0 aliphatic heterocycles. The smallest absolute Gasteiger partial charge is 0.142 e. The third kappa shape index (κ3) is 3.52. The van der Waals surface area contributed by atoms with Crippen molar-refractivity contribution in [2.45, 2.75) is 6.92 Å². The minimum absolute atomic E-state index is 0.764. The van der Waals surface area contributed by atoms with Crippen LogP contribution in [0, 0.1) is 6.92 Å². The first-order valence-corrected chi connectivity index (χ1v) is 4.18. The van der Waals surface area contributed by atoms with Gasteiger partial charge in [-0.15, -0.1) is 0 Å². The van der Waals surface area contributed by atoms with Crippen LogP contribution in [0.5, 0.6) is 0 Å². The first kappa shape index (κ1) is 9.46. The molecule has 1 aromatic rings. The highest BCUT2D eigenvalue weighted by Gasteiger charge is 1.84. The summed E-state index contributed by atoms with van der Waals surface area (Å²) in [6, 6.07) is 8.18. The lowest BCUT2D eigenvalue weighted by atomic mass is 10.1. The van der Waals surface area contributed by atoms with Crippen molar-refractivity contribution in [1.82, 2.24) is 0 Å². The van der Waals surface area contributed by atoms with E-state index in [9.17, 15) is 4.79 Å². The highest BCUT2D eigenvalue weighted by molar-refractivity contribution is 5.66. The van der Waals surface area contributed by atoms with Gasteiger partial charge in [-0.25, -0.2) is 0 Å². The van der Waals surface area contributed by atoms with Crippen molar-refractivity contribution in [3.8, 4) is 0 Å². The van der Waals surface area contributed by atoms with Crippen LogP contribution in [-0.2, 0) is 4.79 Å². The molecule has 0 aromatic heterocycles. The molecule has 0 spiro atoms. The molecule has 0 radical (unpaired) electrons.